The van der Waals surface area contributed by atoms with Gasteiger partial charge < -0.3 is 9.15 Å². The number of fused-ring (bicyclic) bond motifs is 1. The fraction of sp³-hybridized carbons (Fsp3) is 0.368. The van der Waals surface area contributed by atoms with Crippen LogP contribution in [-0.2, 0) is 11.2 Å². The van der Waals surface area contributed by atoms with E-state index < -0.39 is 0 Å². The Morgan fingerprint density at radius 2 is 2.21 bits per heavy atom. The van der Waals surface area contributed by atoms with Crippen LogP contribution in [0.3, 0.4) is 0 Å². The highest BCUT2D eigenvalue weighted by Crippen LogP contribution is 2.32. The second kappa shape index (κ2) is 7.81. The number of nitrogens with one attached hydrogen (secondary N) is 1. The van der Waals surface area contributed by atoms with Gasteiger partial charge in [0.1, 0.15) is 0 Å². The highest BCUT2D eigenvalue weighted by Gasteiger charge is 2.21. The molecular weight excluding hydrogens is 304 g/mol. The quantitative estimate of drug-likeness (QED) is 0.685. The maximum atomic E-state index is 12.2. The molecule has 0 bridgehead atoms. The fourth-order valence-electron chi connectivity index (χ4n) is 2.87. The second-order valence-corrected chi connectivity index (χ2v) is 5.82. The van der Waals surface area contributed by atoms with Gasteiger partial charge in [-0.3, -0.25) is 10.1 Å². The van der Waals surface area contributed by atoms with Crippen LogP contribution in [0.25, 0.3) is 0 Å². The van der Waals surface area contributed by atoms with Crippen LogP contribution >= 0.6 is 0 Å². The summed E-state index contributed by atoms with van der Waals surface area (Å²) in [7, 11) is 0. The normalized spacial score (nSPS) is 17.2. The number of ether oxygens (including phenoxy) is 1. The lowest BCUT2D eigenvalue weighted by Gasteiger charge is -2.23. The summed E-state index contributed by atoms with van der Waals surface area (Å²) in [4.78, 5) is 16.9. The molecule has 1 aromatic heterocycles. The van der Waals surface area contributed by atoms with Gasteiger partial charge in [0.2, 0.25) is 0 Å². The van der Waals surface area contributed by atoms with Crippen molar-refractivity contribution in [3.8, 4) is 0 Å². The molecule has 0 saturated carbocycles. The van der Waals surface area contributed by atoms with Gasteiger partial charge >= 0.3 is 0 Å². The third-order valence-corrected chi connectivity index (χ3v) is 4.02. The third-order valence-electron chi connectivity index (χ3n) is 4.02. The molecule has 3 rings (SSSR count). The molecule has 1 heterocycles. The summed E-state index contributed by atoms with van der Waals surface area (Å²) in [5.74, 6) is -0.106. The number of furan rings is 1. The Balaban J connectivity index is 1.80. The van der Waals surface area contributed by atoms with Crippen molar-refractivity contribution in [3.63, 3.8) is 0 Å². The van der Waals surface area contributed by atoms with Crippen molar-refractivity contribution in [2.75, 3.05) is 6.61 Å². The number of nitrogens with zero attached hydrogens (tertiary/aromatic N) is 1. The highest BCUT2D eigenvalue weighted by atomic mass is 16.5. The predicted octanol–water partition coefficient (Wildman–Crippen LogP) is 3.87. The van der Waals surface area contributed by atoms with E-state index in [1.165, 1.54) is 17.4 Å². The first-order chi connectivity index (χ1) is 11.8. The van der Waals surface area contributed by atoms with Crippen LogP contribution in [0.2, 0.25) is 0 Å². The number of amides is 1. The molecule has 1 N–H and O–H groups in total. The zero-order valence-electron chi connectivity index (χ0n) is 13.8. The van der Waals surface area contributed by atoms with Crippen molar-refractivity contribution in [3.05, 3.63) is 59.5 Å². The van der Waals surface area contributed by atoms with E-state index in [1.54, 1.807) is 12.1 Å². The minimum atomic E-state index is -0.348. The number of rotatable bonds is 4. The smallest absolute Gasteiger partial charge is 0.294 e. The molecule has 5 heteroatoms. The van der Waals surface area contributed by atoms with E-state index in [0.717, 1.165) is 25.7 Å². The van der Waals surface area contributed by atoms with E-state index >= 15 is 0 Å². The van der Waals surface area contributed by atoms with Gasteiger partial charge in [0.05, 0.1) is 18.9 Å². The van der Waals surface area contributed by atoms with E-state index in [0.29, 0.717) is 6.61 Å². The molecule has 0 radical (unpaired) electrons. The molecule has 0 unspecified atom stereocenters. The number of carbonyl (C=O) groups is 1. The molecule has 1 aromatic carbocycles. The number of carbonyl (C=O) groups excluding carboxylic acids is 1. The van der Waals surface area contributed by atoms with Gasteiger partial charge in [-0.15, -0.1) is 0 Å². The first-order valence-electron chi connectivity index (χ1n) is 8.41. The molecule has 0 saturated heterocycles. The van der Waals surface area contributed by atoms with E-state index in [-0.39, 0.29) is 23.7 Å². The summed E-state index contributed by atoms with van der Waals surface area (Å²) < 4.78 is 10.8. The lowest BCUT2D eigenvalue weighted by Crippen LogP contribution is -2.33. The Morgan fingerprint density at radius 1 is 1.33 bits per heavy atom. The minimum absolute atomic E-state index is 0.0127. The number of amidine groups is 1. The van der Waals surface area contributed by atoms with Crippen molar-refractivity contribution in [1.82, 2.24) is 5.32 Å². The van der Waals surface area contributed by atoms with E-state index in [4.69, 9.17) is 9.15 Å². The van der Waals surface area contributed by atoms with E-state index in [2.05, 4.69) is 28.5 Å². The second-order valence-electron chi connectivity index (χ2n) is 5.82. The molecule has 5 nitrogen and oxygen atoms in total. The topological polar surface area (TPSA) is 63.8 Å². The molecule has 126 valence electrons. The van der Waals surface area contributed by atoms with Gasteiger partial charge in [-0.2, -0.15) is 0 Å². The van der Waals surface area contributed by atoms with Crippen LogP contribution in [0.4, 0.5) is 0 Å². The Kier molecular flexibility index (Phi) is 5.31. The van der Waals surface area contributed by atoms with E-state index in [9.17, 15) is 4.79 Å². The molecule has 0 spiro atoms. The average Bonchev–Trinajstić information content (AvgIpc) is 3.15. The Morgan fingerprint density at radius 3 is 3.00 bits per heavy atom. The highest BCUT2D eigenvalue weighted by molar-refractivity contribution is 6.02. The summed E-state index contributed by atoms with van der Waals surface area (Å²) in [6.45, 7) is 2.52. The third kappa shape index (κ3) is 3.85. The maximum absolute atomic E-state index is 12.2. The van der Waals surface area contributed by atoms with Crippen LogP contribution in [0.15, 0.2) is 52.1 Å². The van der Waals surface area contributed by atoms with Gasteiger partial charge in [-0.05, 0) is 48.9 Å². The molecule has 0 aliphatic heterocycles. The van der Waals surface area contributed by atoms with Crippen LogP contribution in [-0.4, -0.2) is 18.5 Å². The molecule has 0 fully saturated rings. The summed E-state index contributed by atoms with van der Waals surface area (Å²) >= 11 is 0. The molecule has 1 aliphatic rings. The summed E-state index contributed by atoms with van der Waals surface area (Å²) in [6, 6.07) is 11.9. The van der Waals surface area contributed by atoms with Crippen LogP contribution < -0.4 is 5.32 Å². The molecular formula is C19H22N2O3. The van der Waals surface area contributed by atoms with Gasteiger partial charge in [0.25, 0.3) is 11.9 Å². The number of benzene rings is 1. The first-order valence-corrected chi connectivity index (χ1v) is 8.41. The van der Waals surface area contributed by atoms with Crippen molar-refractivity contribution in [2.45, 2.75) is 38.6 Å². The van der Waals surface area contributed by atoms with E-state index in [1.807, 2.05) is 13.0 Å². The number of hydrogen-bond acceptors (Lipinski definition) is 4. The lowest BCUT2D eigenvalue weighted by atomic mass is 9.88. The first kappa shape index (κ1) is 16.3. The standard InChI is InChI=1S/C19H22N2O3/c1-2-12-24-19(21-18(22)17-11-6-13-23-17)20-16-10-5-8-14-7-3-4-9-15(14)16/h3-4,6-7,9,11,13,16H,2,5,8,10,12H2,1H3,(H,20,21,22)/t16-/m0/s1. The van der Waals surface area contributed by atoms with Crippen molar-refractivity contribution < 1.29 is 13.9 Å². The zero-order chi connectivity index (χ0) is 16.8. The predicted molar refractivity (Wildman–Crippen MR) is 92.0 cm³/mol. The number of hydrogen-bond donors (Lipinski definition) is 1. The van der Waals surface area contributed by atoms with Gasteiger partial charge in [0, 0.05) is 0 Å². The van der Waals surface area contributed by atoms with Crippen molar-refractivity contribution in [2.24, 2.45) is 4.99 Å². The molecule has 1 atom stereocenters. The van der Waals surface area contributed by atoms with Crippen molar-refractivity contribution in [1.29, 1.82) is 0 Å². The fourth-order valence-corrected chi connectivity index (χ4v) is 2.87. The molecule has 1 aliphatic carbocycles. The van der Waals surface area contributed by atoms with Crippen LogP contribution in [0, 0.1) is 0 Å². The lowest BCUT2D eigenvalue weighted by molar-refractivity contribution is 0.0938. The Bertz CT molecular complexity index is 707. The molecule has 2 aromatic rings. The molecule has 24 heavy (non-hydrogen) atoms. The Labute approximate surface area is 141 Å². The van der Waals surface area contributed by atoms with Crippen LogP contribution in [0.5, 0.6) is 0 Å². The summed E-state index contributed by atoms with van der Waals surface area (Å²) in [6.07, 6.45) is 5.42. The summed E-state index contributed by atoms with van der Waals surface area (Å²) in [5, 5.41) is 2.73. The average molecular weight is 326 g/mol. The van der Waals surface area contributed by atoms with Crippen LogP contribution in [0.1, 0.15) is 53.9 Å². The van der Waals surface area contributed by atoms with Gasteiger partial charge in [-0.25, -0.2) is 4.99 Å². The maximum Gasteiger partial charge on any atom is 0.294 e. The van der Waals surface area contributed by atoms with Gasteiger partial charge in [0.15, 0.2) is 5.76 Å². The monoisotopic (exact) mass is 326 g/mol. The largest absolute Gasteiger partial charge is 0.465 e. The Hall–Kier alpha value is -2.56. The van der Waals surface area contributed by atoms with Gasteiger partial charge in [-0.1, -0.05) is 31.2 Å². The zero-order valence-corrected chi connectivity index (χ0v) is 13.8. The minimum Gasteiger partial charge on any atom is -0.465 e. The number of aryl methyl sites for hydroxylation is 1. The SMILES string of the molecule is CCCOC(=N[C@H]1CCCc2ccccc21)NC(=O)c1ccco1. The number of aliphatic imine (C=N–C) groups is 1. The van der Waals surface area contributed by atoms with Crippen molar-refractivity contribution >= 4 is 11.9 Å². The molecule has 1 amide bonds. The summed E-state index contributed by atoms with van der Waals surface area (Å²) in [5.41, 5.74) is 2.54.